The first-order chi connectivity index (χ1) is 9.42. The van der Waals surface area contributed by atoms with Gasteiger partial charge < -0.3 is 9.22 Å². The van der Waals surface area contributed by atoms with Gasteiger partial charge in [-0.15, -0.1) is 0 Å². The lowest BCUT2D eigenvalue weighted by atomic mass is 9.92. The predicted octanol–water partition coefficient (Wildman–Crippen LogP) is 2.32. The van der Waals surface area contributed by atoms with Gasteiger partial charge in [0.1, 0.15) is 6.07 Å². The van der Waals surface area contributed by atoms with Gasteiger partial charge in [-0.05, 0) is 12.5 Å². The van der Waals surface area contributed by atoms with Crippen LogP contribution in [0, 0.1) is 11.3 Å². The number of rotatable bonds is 6. The highest BCUT2D eigenvalue weighted by atomic mass is 16.5. The maximum atomic E-state index is 11.7. The number of benzene rings is 1. The fraction of sp³-hybridized carbons (Fsp3) is 0.500. The molecule has 0 bridgehead atoms. The van der Waals surface area contributed by atoms with Gasteiger partial charge in [-0.3, -0.25) is 0 Å². The minimum Gasteiger partial charge on any atom is -0.462 e. The normalized spacial score (nSPS) is 14.2. The zero-order chi connectivity index (χ0) is 15.2. The molecule has 1 aromatic carbocycles. The van der Waals surface area contributed by atoms with E-state index >= 15 is 0 Å². The summed E-state index contributed by atoms with van der Waals surface area (Å²) in [5, 5.41) is 9.52. The van der Waals surface area contributed by atoms with E-state index in [0.717, 1.165) is 5.56 Å². The van der Waals surface area contributed by atoms with Crippen LogP contribution in [0.25, 0.3) is 0 Å². The Bertz CT molecular complexity index is 477. The second-order valence-electron chi connectivity index (χ2n) is 5.52. The largest absolute Gasteiger partial charge is 0.462 e. The third-order valence-electron chi connectivity index (χ3n) is 3.53. The van der Waals surface area contributed by atoms with Crippen molar-refractivity contribution in [3.8, 4) is 6.07 Å². The van der Waals surface area contributed by atoms with E-state index in [1.807, 2.05) is 51.4 Å². The second-order valence-corrected chi connectivity index (χ2v) is 5.52. The van der Waals surface area contributed by atoms with Crippen molar-refractivity contribution in [3.05, 3.63) is 35.9 Å². The van der Waals surface area contributed by atoms with Crippen LogP contribution in [-0.2, 0) is 9.53 Å². The summed E-state index contributed by atoms with van der Waals surface area (Å²) < 4.78 is 5.29. The Morgan fingerprint density at radius 1 is 1.35 bits per heavy atom. The first-order valence-electron chi connectivity index (χ1n) is 6.85. The van der Waals surface area contributed by atoms with Gasteiger partial charge >= 0.3 is 5.97 Å². The predicted molar refractivity (Wildman–Crippen MR) is 77.9 cm³/mol. The number of ether oxygens (including phenoxy) is 1. The number of nitriles is 1. The average Bonchev–Trinajstić information content (AvgIpc) is 2.39. The number of carbonyl (C=O) groups is 1. The summed E-state index contributed by atoms with van der Waals surface area (Å²) in [6.45, 7) is 4.37. The smallest absolute Gasteiger partial charge is 0.361 e. The van der Waals surface area contributed by atoms with E-state index in [-0.39, 0.29) is 24.5 Å². The van der Waals surface area contributed by atoms with Crippen molar-refractivity contribution in [2.75, 3.05) is 27.2 Å². The van der Waals surface area contributed by atoms with E-state index < -0.39 is 0 Å². The summed E-state index contributed by atoms with van der Waals surface area (Å²) in [6.07, 6.45) is 0. The van der Waals surface area contributed by atoms with Crippen molar-refractivity contribution in [1.29, 1.82) is 5.26 Å². The molecule has 4 nitrogen and oxygen atoms in total. The quantitative estimate of drug-likeness (QED) is 0.591. The summed E-state index contributed by atoms with van der Waals surface area (Å²) >= 11 is 0. The van der Waals surface area contributed by atoms with E-state index in [9.17, 15) is 10.1 Å². The molecule has 0 amide bonds. The van der Waals surface area contributed by atoms with Crippen LogP contribution < -0.4 is 0 Å². The lowest BCUT2D eigenvalue weighted by molar-refractivity contribution is -0.901. The molecule has 0 aromatic heterocycles. The molecule has 4 heteroatoms. The molecular formula is C16H23N2O2+. The molecule has 0 saturated carbocycles. The van der Waals surface area contributed by atoms with Crippen molar-refractivity contribution < 1.29 is 14.0 Å². The van der Waals surface area contributed by atoms with Crippen LogP contribution in [0.5, 0.6) is 0 Å². The van der Waals surface area contributed by atoms with Crippen LogP contribution in [0.4, 0.5) is 0 Å². The van der Waals surface area contributed by atoms with Gasteiger partial charge in [0.2, 0.25) is 0 Å². The second kappa shape index (κ2) is 7.06. The molecule has 0 radical (unpaired) electrons. The standard InChI is InChI=1S/C16H23N2O2/c1-5-20-16(19)12-18(3,4)15(11-17)13(2)14-9-7-6-8-10-14/h6-10,13,15H,5,12H2,1-4H3/q+1/t13-,15+/m0/s1. The van der Waals surface area contributed by atoms with E-state index in [1.165, 1.54) is 0 Å². The van der Waals surface area contributed by atoms with Gasteiger partial charge in [0.15, 0.2) is 12.6 Å². The monoisotopic (exact) mass is 275 g/mol. The van der Waals surface area contributed by atoms with Crippen LogP contribution in [0.3, 0.4) is 0 Å². The van der Waals surface area contributed by atoms with Crippen molar-refractivity contribution in [3.63, 3.8) is 0 Å². The summed E-state index contributed by atoms with van der Waals surface area (Å²) in [6, 6.07) is 12.0. The number of quaternary nitrogens is 1. The summed E-state index contributed by atoms with van der Waals surface area (Å²) in [5.74, 6) is -0.219. The van der Waals surface area contributed by atoms with Gasteiger partial charge in [-0.1, -0.05) is 37.3 Å². The third-order valence-corrected chi connectivity index (χ3v) is 3.53. The minimum atomic E-state index is -0.304. The van der Waals surface area contributed by atoms with Crippen molar-refractivity contribution in [2.45, 2.75) is 25.8 Å². The maximum Gasteiger partial charge on any atom is 0.361 e. The first kappa shape index (κ1) is 16.2. The molecule has 0 unspecified atom stereocenters. The highest BCUT2D eigenvalue weighted by molar-refractivity contribution is 5.70. The number of nitrogens with zero attached hydrogens (tertiary/aromatic N) is 2. The Kier molecular flexibility index (Phi) is 5.72. The molecule has 0 spiro atoms. The molecule has 108 valence electrons. The van der Waals surface area contributed by atoms with E-state index in [2.05, 4.69) is 6.07 Å². The molecule has 0 N–H and O–H groups in total. The summed E-state index contributed by atoms with van der Waals surface area (Å²) in [5.41, 5.74) is 1.11. The molecule has 2 atom stereocenters. The van der Waals surface area contributed by atoms with Crippen LogP contribution in [-0.4, -0.2) is 43.7 Å². The van der Waals surface area contributed by atoms with E-state index in [4.69, 9.17) is 4.74 Å². The highest BCUT2D eigenvalue weighted by Gasteiger charge is 2.36. The lowest BCUT2D eigenvalue weighted by Gasteiger charge is -2.36. The molecule has 0 fully saturated rings. The van der Waals surface area contributed by atoms with Crippen LogP contribution in [0.2, 0.25) is 0 Å². The molecule has 1 rings (SSSR count). The maximum absolute atomic E-state index is 11.7. The molecule has 0 aliphatic carbocycles. The molecule has 20 heavy (non-hydrogen) atoms. The Hall–Kier alpha value is -1.86. The third kappa shape index (κ3) is 4.07. The Balaban J connectivity index is 2.89. The topological polar surface area (TPSA) is 50.1 Å². The van der Waals surface area contributed by atoms with Crippen LogP contribution in [0.1, 0.15) is 25.3 Å². The number of hydrogen-bond donors (Lipinski definition) is 0. The Morgan fingerprint density at radius 2 is 1.95 bits per heavy atom. The lowest BCUT2D eigenvalue weighted by Crippen LogP contribution is -2.53. The average molecular weight is 275 g/mol. The van der Waals surface area contributed by atoms with E-state index in [0.29, 0.717) is 11.1 Å². The van der Waals surface area contributed by atoms with Crippen LogP contribution in [0.15, 0.2) is 30.3 Å². The fourth-order valence-corrected chi connectivity index (χ4v) is 2.45. The van der Waals surface area contributed by atoms with Gasteiger partial charge in [0, 0.05) is 5.92 Å². The fourth-order valence-electron chi connectivity index (χ4n) is 2.45. The van der Waals surface area contributed by atoms with Gasteiger partial charge in [-0.25, -0.2) is 4.79 Å². The number of likely N-dealkylation sites (N-methyl/N-ethyl adjacent to an activating group) is 1. The molecule has 0 aliphatic heterocycles. The van der Waals surface area contributed by atoms with E-state index in [1.54, 1.807) is 6.92 Å². The Morgan fingerprint density at radius 3 is 2.45 bits per heavy atom. The van der Waals surface area contributed by atoms with Crippen molar-refractivity contribution in [2.24, 2.45) is 0 Å². The SMILES string of the molecule is CCOC(=O)C[N+](C)(C)[C@H](C#N)[C@@H](C)c1ccccc1. The molecule has 0 saturated heterocycles. The first-order valence-corrected chi connectivity index (χ1v) is 6.85. The highest BCUT2D eigenvalue weighted by Crippen LogP contribution is 2.25. The molecule has 0 aliphatic rings. The van der Waals surface area contributed by atoms with Gasteiger partial charge in [0.25, 0.3) is 0 Å². The van der Waals surface area contributed by atoms with Gasteiger partial charge in [-0.2, -0.15) is 5.26 Å². The Labute approximate surface area is 121 Å². The number of hydrogen-bond acceptors (Lipinski definition) is 3. The minimum absolute atomic E-state index is 0.0469. The molecule has 0 heterocycles. The molecular weight excluding hydrogens is 252 g/mol. The van der Waals surface area contributed by atoms with Crippen molar-refractivity contribution in [1.82, 2.24) is 0 Å². The van der Waals surface area contributed by atoms with Crippen molar-refractivity contribution >= 4 is 5.97 Å². The zero-order valence-corrected chi connectivity index (χ0v) is 12.7. The van der Waals surface area contributed by atoms with Gasteiger partial charge in [0.05, 0.1) is 20.7 Å². The summed E-state index contributed by atoms with van der Waals surface area (Å²) in [4.78, 5) is 11.7. The number of carbonyl (C=O) groups excluding carboxylic acids is 1. The summed E-state index contributed by atoms with van der Waals surface area (Å²) in [7, 11) is 3.79. The van der Waals surface area contributed by atoms with Crippen LogP contribution >= 0.6 is 0 Å². The number of esters is 1. The zero-order valence-electron chi connectivity index (χ0n) is 12.7. The molecule has 1 aromatic rings.